The van der Waals surface area contributed by atoms with Crippen molar-refractivity contribution in [3.05, 3.63) is 18.2 Å². The van der Waals surface area contributed by atoms with E-state index in [1.54, 1.807) is 19.2 Å². The lowest BCUT2D eigenvalue weighted by molar-refractivity contribution is 0.363. The first-order chi connectivity index (χ1) is 9.17. The minimum Gasteiger partial charge on any atom is -0.495 e. The summed E-state index contributed by atoms with van der Waals surface area (Å²) in [6.45, 7) is 0. The largest absolute Gasteiger partial charge is 0.495 e. The van der Waals surface area contributed by atoms with Gasteiger partial charge in [0, 0.05) is 17.5 Å². The molecule has 2 aliphatic rings. The Labute approximate surface area is 117 Å². The van der Waals surface area contributed by atoms with E-state index >= 15 is 0 Å². The van der Waals surface area contributed by atoms with Crippen molar-refractivity contribution >= 4 is 16.5 Å². The van der Waals surface area contributed by atoms with Gasteiger partial charge in [0.15, 0.2) is 0 Å². The van der Waals surface area contributed by atoms with E-state index in [2.05, 4.69) is 0 Å². The Hall–Kier alpha value is -1.03. The molecule has 4 atom stereocenters. The van der Waals surface area contributed by atoms with Gasteiger partial charge in [-0.1, -0.05) is 6.42 Å². The van der Waals surface area contributed by atoms with Gasteiger partial charge in [0.25, 0.3) is 0 Å². The first-order valence-corrected chi connectivity index (χ1v) is 8.31. The van der Waals surface area contributed by atoms with E-state index in [1.165, 1.54) is 25.7 Å². The first-order valence-electron chi connectivity index (χ1n) is 6.99. The van der Waals surface area contributed by atoms with Crippen molar-refractivity contribution in [1.29, 1.82) is 0 Å². The van der Waals surface area contributed by atoms with Gasteiger partial charge in [-0.3, -0.25) is 4.21 Å². The Bertz CT molecular complexity index is 503. The predicted octanol–water partition coefficient (Wildman–Crippen LogP) is 2.82. The Kier molecular flexibility index (Phi) is 3.52. The molecule has 3 nitrogen and oxygen atoms in total. The molecule has 2 fully saturated rings. The fourth-order valence-electron chi connectivity index (χ4n) is 3.74. The lowest BCUT2D eigenvalue weighted by Gasteiger charge is -2.21. The van der Waals surface area contributed by atoms with Crippen LogP contribution in [0.25, 0.3) is 0 Å². The van der Waals surface area contributed by atoms with Crippen LogP contribution >= 0.6 is 0 Å². The molecule has 0 radical (unpaired) electrons. The third kappa shape index (κ3) is 2.50. The average Bonchev–Trinajstić information content (AvgIpc) is 3.00. The second-order valence-electron chi connectivity index (χ2n) is 5.86. The fraction of sp³-hybridized carbons (Fsp3) is 0.600. The monoisotopic (exact) mass is 279 g/mol. The summed E-state index contributed by atoms with van der Waals surface area (Å²) in [6, 6.07) is 5.40. The number of nitrogens with two attached hydrogens (primary N) is 1. The molecular weight excluding hydrogens is 258 g/mol. The van der Waals surface area contributed by atoms with Crippen molar-refractivity contribution in [1.82, 2.24) is 0 Å². The molecular formula is C15H21NO2S. The lowest BCUT2D eigenvalue weighted by atomic mass is 9.90. The topological polar surface area (TPSA) is 52.3 Å². The van der Waals surface area contributed by atoms with Gasteiger partial charge >= 0.3 is 0 Å². The van der Waals surface area contributed by atoms with Crippen LogP contribution in [0.2, 0.25) is 0 Å². The summed E-state index contributed by atoms with van der Waals surface area (Å²) in [4.78, 5) is 0.791. The maximum Gasteiger partial charge on any atom is 0.137 e. The predicted molar refractivity (Wildman–Crippen MR) is 77.6 cm³/mol. The molecule has 2 aliphatic carbocycles. The number of nitrogen functional groups attached to an aromatic ring is 1. The quantitative estimate of drug-likeness (QED) is 0.862. The van der Waals surface area contributed by atoms with E-state index in [9.17, 15) is 4.21 Å². The summed E-state index contributed by atoms with van der Waals surface area (Å²) in [5.41, 5.74) is 6.39. The number of rotatable bonds is 4. The van der Waals surface area contributed by atoms with E-state index in [0.717, 1.165) is 22.5 Å². The van der Waals surface area contributed by atoms with Gasteiger partial charge < -0.3 is 10.5 Å². The summed E-state index contributed by atoms with van der Waals surface area (Å²) in [5.74, 6) is 3.79. The van der Waals surface area contributed by atoms with E-state index in [4.69, 9.17) is 10.5 Å². The third-order valence-electron chi connectivity index (χ3n) is 4.68. The van der Waals surface area contributed by atoms with Crippen LogP contribution in [-0.2, 0) is 10.8 Å². The number of fused-ring (bicyclic) bond motifs is 2. The number of hydrogen-bond donors (Lipinski definition) is 1. The van der Waals surface area contributed by atoms with Crippen LogP contribution in [0.5, 0.6) is 5.75 Å². The Morgan fingerprint density at radius 2 is 2.21 bits per heavy atom. The molecule has 0 heterocycles. The molecule has 4 heteroatoms. The minimum atomic E-state index is -0.975. The summed E-state index contributed by atoms with van der Waals surface area (Å²) < 4.78 is 17.9. The van der Waals surface area contributed by atoms with Crippen molar-refractivity contribution in [2.75, 3.05) is 18.6 Å². The number of hydrogen-bond acceptors (Lipinski definition) is 3. The molecule has 2 N–H and O–H groups in total. The second kappa shape index (κ2) is 5.16. The summed E-state index contributed by atoms with van der Waals surface area (Å²) in [6.07, 6.45) is 5.36. The molecule has 3 rings (SSSR count). The molecule has 19 heavy (non-hydrogen) atoms. The van der Waals surface area contributed by atoms with Crippen LogP contribution in [-0.4, -0.2) is 17.1 Å². The molecule has 104 valence electrons. The highest BCUT2D eigenvalue weighted by atomic mass is 32.2. The normalized spacial score (nSPS) is 30.5. The maximum atomic E-state index is 12.6. The molecule has 1 aromatic rings. The van der Waals surface area contributed by atoms with Gasteiger partial charge in [0.2, 0.25) is 0 Å². The van der Waals surface area contributed by atoms with E-state index in [0.29, 0.717) is 17.4 Å². The van der Waals surface area contributed by atoms with Gasteiger partial charge in [0.1, 0.15) is 5.75 Å². The summed E-state index contributed by atoms with van der Waals surface area (Å²) in [5, 5.41) is 0. The van der Waals surface area contributed by atoms with Crippen LogP contribution < -0.4 is 10.5 Å². The van der Waals surface area contributed by atoms with E-state index in [1.807, 2.05) is 6.07 Å². The zero-order valence-electron chi connectivity index (χ0n) is 11.3. The highest BCUT2D eigenvalue weighted by Crippen LogP contribution is 2.48. The molecule has 0 aromatic heterocycles. The zero-order chi connectivity index (χ0) is 13.4. The number of benzene rings is 1. The van der Waals surface area contributed by atoms with Gasteiger partial charge in [0.05, 0.1) is 22.8 Å². The molecule has 2 bridgehead atoms. The van der Waals surface area contributed by atoms with Crippen molar-refractivity contribution in [3.63, 3.8) is 0 Å². The Morgan fingerprint density at radius 3 is 2.84 bits per heavy atom. The van der Waals surface area contributed by atoms with Crippen molar-refractivity contribution in [3.8, 4) is 5.75 Å². The van der Waals surface area contributed by atoms with Gasteiger partial charge in [-0.15, -0.1) is 0 Å². The Morgan fingerprint density at radius 1 is 1.37 bits per heavy atom. The minimum absolute atomic E-state index is 0.641. The van der Waals surface area contributed by atoms with Crippen molar-refractivity contribution < 1.29 is 8.95 Å². The second-order valence-corrected chi connectivity index (χ2v) is 7.32. The molecule has 0 spiro atoms. The van der Waals surface area contributed by atoms with Crippen molar-refractivity contribution in [2.45, 2.75) is 30.6 Å². The highest BCUT2D eigenvalue weighted by molar-refractivity contribution is 7.85. The number of anilines is 1. The fourth-order valence-corrected chi connectivity index (χ4v) is 5.30. The van der Waals surface area contributed by atoms with E-state index < -0.39 is 10.8 Å². The molecule has 2 saturated carbocycles. The summed E-state index contributed by atoms with van der Waals surface area (Å²) in [7, 11) is 0.629. The number of methoxy groups -OCH3 is 1. The standard InChI is InChI=1S/C15H21NO2S/c1-18-14-8-13(16)4-5-15(14)19(17)9-12-7-10-2-3-11(12)6-10/h4-5,8,10-12H,2-3,6-7,9,16H2,1H3. The SMILES string of the molecule is COc1cc(N)ccc1S(=O)CC1CC2CCC1C2. The highest BCUT2D eigenvalue weighted by Gasteiger charge is 2.40. The first kappa shape index (κ1) is 13.0. The number of ether oxygens (including phenoxy) is 1. The van der Waals surface area contributed by atoms with Crippen LogP contribution in [0, 0.1) is 17.8 Å². The van der Waals surface area contributed by atoms with Crippen molar-refractivity contribution in [2.24, 2.45) is 17.8 Å². The molecule has 4 unspecified atom stereocenters. The van der Waals surface area contributed by atoms with Crippen LogP contribution in [0.1, 0.15) is 25.7 Å². The average molecular weight is 279 g/mol. The lowest BCUT2D eigenvalue weighted by Crippen LogP contribution is -2.18. The third-order valence-corrected chi connectivity index (χ3v) is 6.24. The molecule has 0 saturated heterocycles. The maximum absolute atomic E-state index is 12.6. The van der Waals surface area contributed by atoms with Crippen LogP contribution in [0.15, 0.2) is 23.1 Å². The zero-order valence-corrected chi connectivity index (χ0v) is 12.1. The smallest absolute Gasteiger partial charge is 0.137 e. The van der Waals surface area contributed by atoms with Gasteiger partial charge in [-0.05, 0) is 49.1 Å². The Balaban J connectivity index is 1.73. The summed E-state index contributed by atoms with van der Waals surface area (Å²) >= 11 is 0. The molecule has 1 aromatic carbocycles. The molecule has 0 amide bonds. The van der Waals surface area contributed by atoms with E-state index in [-0.39, 0.29) is 0 Å². The molecule has 0 aliphatic heterocycles. The van der Waals surface area contributed by atoms with Gasteiger partial charge in [-0.25, -0.2) is 0 Å². The van der Waals surface area contributed by atoms with Gasteiger partial charge in [-0.2, -0.15) is 0 Å². The van der Waals surface area contributed by atoms with Crippen LogP contribution in [0.3, 0.4) is 0 Å². The van der Waals surface area contributed by atoms with Crippen LogP contribution in [0.4, 0.5) is 5.69 Å².